The smallest absolute Gasteiger partial charge is 0.122 e. The van der Waals surface area contributed by atoms with Crippen molar-refractivity contribution in [2.24, 2.45) is 0 Å². The molecule has 168 valence electrons. The van der Waals surface area contributed by atoms with E-state index in [9.17, 15) is 4.21 Å². The van der Waals surface area contributed by atoms with E-state index in [-0.39, 0.29) is 12.1 Å². The van der Waals surface area contributed by atoms with Gasteiger partial charge in [0, 0.05) is 22.4 Å². The molecule has 5 nitrogen and oxygen atoms in total. The molecule has 3 fully saturated rings. The van der Waals surface area contributed by atoms with Gasteiger partial charge in [0.05, 0.1) is 30.3 Å². The summed E-state index contributed by atoms with van der Waals surface area (Å²) in [6.45, 7) is 4.40. The number of rotatable bonds is 9. The molecule has 3 aliphatic rings. The third-order valence-electron chi connectivity index (χ3n) is 6.58. The van der Waals surface area contributed by atoms with E-state index in [1.807, 2.05) is 19.1 Å². The molecule has 3 unspecified atom stereocenters. The average molecular weight is 455 g/mol. The normalized spacial score (nSPS) is 30.7. The Morgan fingerprint density at radius 3 is 2.70 bits per heavy atom. The van der Waals surface area contributed by atoms with Gasteiger partial charge in [0.1, 0.15) is 5.75 Å². The van der Waals surface area contributed by atoms with Crippen LogP contribution in [0, 0.1) is 0 Å². The third-order valence-corrected chi connectivity index (χ3v) is 8.42. The summed E-state index contributed by atoms with van der Waals surface area (Å²) in [5.41, 5.74) is 1.24. The van der Waals surface area contributed by atoms with Crippen molar-refractivity contribution in [2.45, 2.75) is 87.6 Å². The zero-order valence-corrected chi connectivity index (χ0v) is 19.5. The van der Waals surface area contributed by atoms with Crippen LogP contribution in [-0.2, 0) is 15.7 Å². The largest absolute Gasteiger partial charge is 0.494 e. The second-order valence-corrected chi connectivity index (χ2v) is 10.8. The number of hydrogen-bond acceptors (Lipinski definition) is 4. The lowest BCUT2D eigenvalue weighted by atomic mass is 9.82. The van der Waals surface area contributed by atoms with Gasteiger partial charge in [-0.2, -0.15) is 0 Å². The first-order chi connectivity index (χ1) is 14.6. The van der Waals surface area contributed by atoms with E-state index in [0.29, 0.717) is 30.5 Å². The maximum Gasteiger partial charge on any atom is 0.122 e. The van der Waals surface area contributed by atoms with Gasteiger partial charge in [-0.25, -0.2) is 8.93 Å². The summed E-state index contributed by atoms with van der Waals surface area (Å²) in [7, 11) is -0.888. The van der Waals surface area contributed by atoms with E-state index in [1.54, 1.807) is 0 Å². The Hall–Kier alpha value is -0.660. The maximum atomic E-state index is 12.3. The van der Waals surface area contributed by atoms with Gasteiger partial charge in [-0.3, -0.25) is 0 Å². The first kappa shape index (κ1) is 22.5. The number of ether oxygens (including phenoxy) is 2. The van der Waals surface area contributed by atoms with Gasteiger partial charge in [-0.15, -0.1) is 0 Å². The zero-order valence-electron chi connectivity index (χ0n) is 17.9. The monoisotopic (exact) mass is 454 g/mol. The van der Waals surface area contributed by atoms with Gasteiger partial charge in [0.25, 0.3) is 0 Å². The zero-order chi connectivity index (χ0) is 20.9. The molecule has 1 aromatic rings. The molecule has 2 aliphatic carbocycles. The molecule has 4 rings (SSSR count). The summed E-state index contributed by atoms with van der Waals surface area (Å²) in [6, 6.07) is 6.47. The predicted octanol–water partition coefficient (Wildman–Crippen LogP) is 4.32. The highest BCUT2D eigenvalue weighted by Crippen LogP contribution is 2.39. The van der Waals surface area contributed by atoms with Gasteiger partial charge in [0.15, 0.2) is 0 Å². The van der Waals surface area contributed by atoms with Crippen molar-refractivity contribution in [3.63, 3.8) is 0 Å². The fraction of sp³-hybridized carbons (Fsp3) is 0.739. The minimum absolute atomic E-state index is 0.247. The van der Waals surface area contributed by atoms with Crippen LogP contribution in [0.15, 0.2) is 18.2 Å². The number of benzene rings is 1. The van der Waals surface area contributed by atoms with Crippen molar-refractivity contribution in [2.75, 3.05) is 19.8 Å². The lowest BCUT2D eigenvalue weighted by Crippen LogP contribution is -2.55. The highest BCUT2D eigenvalue weighted by Gasteiger charge is 2.34. The maximum absolute atomic E-state index is 12.3. The summed E-state index contributed by atoms with van der Waals surface area (Å²) < 4.78 is 27.9. The van der Waals surface area contributed by atoms with Crippen molar-refractivity contribution in [1.82, 2.24) is 10.0 Å². The topological polar surface area (TPSA) is 59.6 Å². The Morgan fingerprint density at radius 1 is 1.17 bits per heavy atom. The van der Waals surface area contributed by atoms with Crippen molar-refractivity contribution in [3.05, 3.63) is 28.8 Å². The molecule has 7 heteroatoms. The third kappa shape index (κ3) is 5.98. The molecule has 0 amide bonds. The van der Waals surface area contributed by atoms with Crippen LogP contribution >= 0.6 is 11.6 Å². The van der Waals surface area contributed by atoms with Crippen molar-refractivity contribution in [3.8, 4) is 5.75 Å². The van der Waals surface area contributed by atoms with Crippen LogP contribution < -0.4 is 14.8 Å². The number of hydrogen-bond donors (Lipinski definition) is 2. The van der Waals surface area contributed by atoms with E-state index in [0.717, 1.165) is 68.7 Å². The standard InChI is InChI=1S/C23H35ClN2O3S/c1-2-28-23-12-7-17(24)14-20(23)16-5-8-18(9-6-16)29-15-22-21(4-3-13-25-22)26-30(27)19-10-11-19/h7,12,14,16,18-19,21-22,25-26H,2-6,8-11,13,15H2,1H3. The summed E-state index contributed by atoms with van der Waals surface area (Å²) in [5.74, 6) is 1.45. The second-order valence-electron chi connectivity index (χ2n) is 8.85. The Bertz CT molecular complexity index is 722. The molecule has 0 spiro atoms. The summed E-state index contributed by atoms with van der Waals surface area (Å²) in [5, 5.41) is 4.73. The number of nitrogens with one attached hydrogen (secondary N) is 2. The molecule has 0 bridgehead atoms. The van der Waals surface area contributed by atoms with Crippen LogP contribution in [0.25, 0.3) is 0 Å². The average Bonchev–Trinajstić information content (AvgIpc) is 3.61. The predicted molar refractivity (Wildman–Crippen MR) is 123 cm³/mol. The highest BCUT2D eigenvalue weighted by molar-refractivity contribution is 7.84. The Kier molecular flexibility index (Phi) is 8.09. The first-order valence-corrected chi connectivity index (χ1v) is 13.2. The van der Waals surface area contributed by atoms with Gasteiger partial charge in [-0.1, -0.05) is 11.6 Å². The minimum atomic E-state index is -0.888. The number of piperidine rings is 1. The van der Waals surface area contributed by atoms with Crippen LogP contribution in [-0.4, -0.2) is 47.4 Å². The summed E-state index contributed by atoms with van der Waals surface area (Å²) >= 11 is 6.26. The first-order valence-electron chi connectivity index (χ1n) is 11.6. The van der Waals surface area contributed by atoms with Gasteiger partial charge in [0.2, 0.25) is 0 Å². The van der Waals surface area contributed by atoms with Gasteiger partial charge >= 0.3 is 0 Å². The van der Waals surface area contributed by atoms with Gasteiger partial charge in [-0.05, 0) is 94.5 Å². The molecule has 1 heterocycles. The molecule has 3 atom stereocenters. The van der Waals surface area contributed by atoms with Crippen LogP contribution in [0.3, 0.4) is 0 Å². The van der Waals surface area contributed by atoms with E-state index in [2.05, 4.69) is 16.1 Å². The molecular weight excluding hydrogens is 420 g/mol. The van der Waals surface area contributed by atoms with Crippen LogP contribution in [0.2, 0.25) is 5.02 Å². The lowest BCUT2D eigenvalue weighted by molar-refractivity contribution is 0.00517. The summed E-state index contributed by atoms with van der Waals surface area (Å²) in [4.78, 5) is 0. The molecule has 30 heavy (non-hydrogen) atoms. The fourth-order valence-corrected chi connectivity index (χ4v) is 6.22. The van der Waals surface area contributed by atoms with Crippen molar-refractivity contribution < 1.29 is 13.7 Å². The molecule has 1 aliphatic heterocycles. The summed E-state index contributed by atoms with van der Waals surface area (Å²) in [6.07, 6.45) is 9.00. The van der Waals surface area contributed by atoms with E-state index < -0.39 is 11.0 Å². The van der Waals surface area contributed by atoms with E-state index >= 15 is 0 Å². The fourth-order valence-electron chi connectivity index (χ4n) is 4.70. The quantitative estimate of drug-likeness (QED) is 0.583. The molecule has 0 radical (unpaired) electrons. The Balaban J connectivity index is 1.26. The minimum Gasteiger partial charge on any atom is -0.494 e. The molecule has 2 saturated carbocycles. The highest BCUT2D eigenvalue weighted by atomic mass is 35.5. The van der Waals surface area contributed by atoms with Gasteiger partial charge < -0.3 is 14.8 Å². The molecule has 1 saturated heterocycles. The SMILES string of the molecule is CCOc1ccc(Cl)cc1C1CCC(OCC2NCCCC2NS(=O)C2CC2)CC1. The second kappa shape index (κ2) is 10.8. The van der Waals surface area contributed by atoms with E-state index in [1.165, 1.54) is 5.56 Å². The lowest BCUT2D eigenvalue weighted by Gasteiger charge is -2.35. The Labute approximate surface area is 188 Å². The van der Waals surface area contributed by atoms with E-state index in [4.69, 9.17) is 21.1 Å². The molecular formula is C23H35ClN2O3S. The molecule has 1 aromatic carbocycles. The molecule has 2 N–H and O–H groups in total. The Morgan fingerprint density at radius 2 is 1.97 bits per heavy atom. The van der Waals surface area contributed by atoms with Crippen LogP contribution in [0.4, 0.5) is 0 Å². The van der Waals surface area contributed by atoms with Crippen LogP contribution in [0.5, 0.6) is 5.75 Å². The van der Waals surface area contributed by atoms with Crippen molar-refractivity contribution in [1.29, 1.82) is 0 Å². The van der Waals surface area contributed by atoms with Crippen molar-refractivity contribution >= 4 is 22.6 Å². The number of halogens is 1. The molecule has 0 aromatic heterocycles. The van der Waals surface area contributed by atoms with Crippen LogP contribution in [0.1, 0.15) is 69.8 Å².